The average Bonchev–Trinajstić information content (AvgIpc) is 2.39. The second-order valence-corrected chi connectivity index (χ2v) is 4.43. The van der Waals surface area contributed by atoms with Crippen LogP contribution in [0.1, 0.15) is 27.7 Å². The molecule has 0 heterocycles. The third-order valence-electron chi connectivity index (χ3n) is 1.21. The van der Waals surface area contributed by atoms with Crippen LogP contribution in [0.4, 0.5) is 0 Å². The van der Waals surface area contributed by atoms with Crippen LogP contribution < -0.4 is 0 Å². The number of halogens is 1. The Kier molecular flexibility index (Phi) is 87.1. The first-order valence-corrected chi connectivity index (χ1v) is 7.26. The number of nitrogens with zero attached hydrogens (tertiary/aromatic N) is 1. The van der Waals surface area contributed by atoms with E-state index in [1.165, 1.54) is 0 Å². The Labute approximate surface area is 129 Å². The maximum absolute atomic E-state index is 7.50. The quantitative estimate of drug-likeness (QED) is 0.321. The summed E-state index contributed by atoms with van der Waals surface area (Å²) < 4.78 is 32.4. The molecule has 0 aliphatic heterocycles. The zero-order valence-corrected chi connectivity index (χ0v) is 14.2. The van der Waals surface area contributed by atoms with Crippen LogP contribution in [0.15, 0.2) is 0 Å². The maximum Gasteiger partial charge on any atom is 4.00 e. The number of hydrogen-bond donors (Lipinski definition) is 0. The zero-order chi connectivity index (χ0) is 15.4. The molecule has 0 fully saturated rings. The van der Waals surface area contributed by atoms with Gasteiger partial charge in [0.05, 0.1) is 0 Å². The first kappa shape index (κ1) is 36.2. The summed E-state index contributed by atoms with van der Waals surface area (Å²) in [5, 5.41) is 0. The van der Waals surface area contributed by atoms with E-state index in [0.717, 1.165) is 7.43 Å². The van der Waals surface area contributed by atoms with Gasteiger partial charge >= 0.3 is 62.3 Å². The van der Waals surface area contributed by atoms with Crippen molar-refractivity contribution in [2.75, 3.05) is 0 Å². The van der Waals surface area contributed by atoms with Crippen LogP contribution in [0.3, 0.4) is 0 Å². The standard InChI is InChI=1S/C6H15BrNP.4CO.Fe/c1-5(2)8(9-7)6(3)4;4*1-2;/h5-6,9H,1-4H3;;;;;/q;;;;;+4. The van der Waals surface area contributed by atoms with Crippen molar-refractivity contribution >= 4 is 22.9 Å². The molecule has 0 aliphatic carbocycles. The Morgan fingerprint density at radius 2 is 0.944 bits per heavy atom. The van der Waals surface area contributed by atoms with E-state index in [1.807, 2.05) is 0 Å². The van der Waals surface area contributed by atoms with E-state index in [2.05, 4.69) is 74.5 Å². The first-order chi connectivity index (χ1) is 8.09. The van der Waals surface area contributed by atoms with Gasteiger partial charge in [0.1, 0.15) is 0 Å². The molecule has 1 unspecified atom stereocenters. The third-order valence-corrected chi connectivity index (χ3v) is 3.67. The molecule has 0 spiro atoms. The molecule has 0 bridgehead atoms. The minimum Gasteiger partial charge on any atom is 4.00 e. The van der Waals surface area contributed by atoms with E-state index in [-0.39, 0.29) is 17.1 Å². The third kappa shape index (κ3) is 36.0. The molecule has 0 saturated heterocycles. The van der Waals surface area contributed by atoms with E-state index in [0.29, 0.717) is 12.1 Å². The SMILES string of the molecule is CC(C)N(PBr)C(C)C.[C-]#[O+].[C-]#[O+].[C-]#[O+].[C-]#[O+].[Fe+4]. The van der Waals surface area contributed by atoms with Crippen molar-refractivity contribution in [3.05, 3.63) is 26.6 Å². The summed E-state index contributed by atoms with van der Waals surface area (Å²) >= 11 is 3.47. The molecule has 5 nitrogen and oxygen atoms in total. The predicted molar refractivity (Wildman–Crippen MR) is 65.1 cm³/mol. The van der Waals surface area contributed by atoms with E-state index in [9.17, 15) is 0 Å². The zero-order valence-electron chi connectivity index (χ0n) is 10.5. The summed E-state index contributed by atoms with van der Waals surface area (Å²) in [5.41, 5.74) is 0. The molecular formula is C10H15BrFeNO4P+4. The van der Waals surface area contributed by atoms with Crippen LogP contribution in [-0.2, 0) is 35.7 Å². The van der Waals surface area contributed by atoms with Crippen molar-refractivity contribution in [2.45, 2.75) is 39.8 Å². The molecule has 0 aromatic carbocycles. The van der Waals surface area contributed by atoms with Gasteiger partial charge in [0.25, 0.3) is 0 Å². The Morgan fingerprint density at radius 3 is 0.944 bits per heavy atom. The van der Waals surface area contributed by atoms with Crippen molar-refractivity contribution in [3.63, 3.8) is 0 Å². The van der Waals surface area contributed by atoms with Gasteiger partial charge in [-0.25, -0.2) is 0 Å². The van der Waals surface area contributed by atoms with Gasteiger partial charge in [-0.05, 0) is 43.2 Å². The van der Waals surface area contributed by atoms with Crippen molar-refractivity contribution in [1.82, 2.24) is 4.67 Å². The van der Waals surface area contributed by atoms with Gasteiger partial charge in [0.15, 0.2) is 0 Å². The topological polar surface area (TPSA) is 82.8 Å². The van der Waals surface area contributed by atoms with Gasteiger partial charge in [-0.2, -0.15) is 0 Å². The Hall–Kier alpha value is 0.349. The fraction of sp³-hybridized carbons (Fsp3) is 0.600. The van der Waals surface area contributed by atoms with Crippen molar-refractivity contribution < 1.29 is 35.7 Å². The smallest absolute Gasteiger partial charge is 4.00 e. The second-order valence-electron chi connectivity index (χ2n) is 2.68. The number of rotatable bonds is 3. The maximum atomic E-state index is 7.50. The van der Waals surface area contributed by atoms with Crippen LogP contribution in [0.25, 0.3) is 0 Å². The van der Waals surface area contributed by atoms with Crippen molar-refractivity contribution in [3.8, 4) is 0 Å². The fourth-order valence-electron chi connectivity index (χ4n) is 0.791. The molecule has 18 heavy (non-hydrogen) atoms. The minimum atomic E-state index is 0. The summed E-state index contributed by atoms with van der Waals surface area (Å²) in [6.07, 6.45) is 0. The molecule has 0 N–H and O–H groups in total. The Morgan fingerprint density at radius 1 is 0.778 bits per heavy atom. The van der Waals surface area contributed by atoms with E-state index in [1.54, 1.807) is 0 Å². The van der Waals surface area contributed by atoms with Crippen LogP contribution in [-0.4, -0.2) is 16.8 Å². The molecule has 0 rings (SSSR count). The summed E-state index contributed by atoms with van der Waals surface area (Å²) in [4.78, 5) is 0. The molecule has 0 radical (unpaired) electrons. The molecule has 100 valence electrons. The van der Waals surface area contributed by atoms with E-state index in [4.69, 9.17) is 18.6 Å². The van der Waals surface area contributed by atoms with Crippen molar-refractivity contribution in [1.29, 1.82) is 0 Å². The molecule has 8 heteroatoms. The molecule has 0 amide bonds. The molecule has 0 aromatic heterocycles. The summed E-state index contributed by atoms with van der Waals surface area (Å²) in [6, 6.07) is 1.31. The Bertz CT molecular complexity index is 175. The normalized spacial score (nSPS) is 7.11. The number of hydrogen-bond acceptors (Lipinski definition) is 1. The van der Waals surface area contributed by atoms with Gasteiger partial charge in [0, 0.05) is 19.5 Å². The molecule has 0 aromatic rings. The molecule has 1 atom stereocenters. The Balaban J connectivity index is -0.0000000342. The van der Waals surface area contributed by atoms with Gasteiger partial charge in [-0.1, -0.05) is 0 Å². The predicted octanol–water partition coefficient (Wildman–Crippen LogP) is 2.86. The summed E-state index contributed by atoms with van der Waals surface area (Å²) in [5.74, 6) is 0. The van der Waals surface area contributed by atoms with Crippen LogP contribution in [0.5, 0.6) is 0 Å². The molecule has 0 saturated carbocycles. The van der Waals surface area contributed by atoms with Gasteiger partial charge in [-0.15, -0.1) is 0 Å². The molecular weight excluding hydrogens is 365 g/mol. The van der Waals surface area contributed by atoms with Crippen LogP contribution >= 0.6 is 22.9 Å². The summed E-state index contributed by atoms with van der Waals surface area (Å²) in [6.45, 7) is 26.9. The summed E-state index contributed by atoms with van der Waals surface area (Å²) in [7, 11) is 0.755. The fourth-order valence-corrected chi connectivity index (χ4v) is 3.64. The van der Waals surface area contributed by atoms with E-state index >= 15 is 0 Å². The largest absolute Gasteiger partial charge is 4.00 e. The van der Waals surface area contributed by atoms with Crippen LogP contribution in [0, 0.1) is 26.6 Å². The van der Waals surface area contributed by atoms with Gasteiger partial charge in [-0.3, -0.25) is 4.67 Å². The van der Waals surface area contributed by atoms with Crippen molar-refractivity contribution in [2.24, 2.45) is 0 Å². The average molecular weight is 380 g/mol. The van der Waals surface area contributed by atoms with Gasteiger partial charge in [0.2, 0.25) is 0 Å². The van der Waals surface area contributed by atoms with Gasteiger partial charge < -0.3 is 0 Å². The molecule has 0 aliphatic rings. The second kappa shape index (κ2) is 43.3. The minimum absolute atomic E-state index is 0. The van der Waals surface area contributed by atoms with E-state index < -0.39 is 0 Å². The monoisotopic (exact) mass is 379 g/mol. The first-order valence-electron chi connectivity index (χ1n) is 4.05. The van der Waals surface area contributed by atoms with Crippen LogP contribution in [0.2, 0.25) is 0 Å².